The summed E-state index contributed by atoms with van der Waals surface area (Å²) in [5, 5.41) is 10.0. The van der Waals surface area contributed by atoms with E-state index in [2.05, 4.69) is 9.80 Å². The molecular formula is C15H25N3O2. The van der Waals surface area contributed by atoms with Crippen LogP contribution in [0.5, 0.6) is 0 Å². The van der Waals surface area contributed by atoms with Gasteiger partial charge in [-0.05, 0) is 19.3 Å². The fourth-order valence-corrected chi connectivity index (χ4v) is 4.65. The molecule has 2 atom stereocenters. The largest absolute Gasteiger partial charge is 0.392 e. The molecule has 5 heteroatoms. The maximum Gasteiger partial charge on any atom is 0.219 e. The Kier molecular flexibility index (Phi) is 2.88. The molecule has 0 bridgehead atoms. The molecule has 0 aromatic rings. The van der Waals surface area contributed by atoms with E-state index in [4.69, 9.17) is 0 Å². The zero-order valence-corrected chi connectivity index (χ0v) is 12.3. The summed E-state index contributed by atoms with van der Waals surface area (Å²) in [6.07, 6.45) is 4.69. The van der Waals surface area contributed by atoms with Gasteiger partial charge in [0, 0.05) is 51.7 Å². The van der Waals surface area contributed by atoms with Crippen LogP contribution in [-0.2, 0) is 4.79 Å². The van der Waals surface area contributed by atoms with Crippen LogP contribution in [0.25, 0.3) is 0 Å². The van der Waals surface area contributed by atoms with Gasteiger partial charge in [0.1, 0.15) is 0 Å². The number of carbonyl (C=O) groups is 1. The van der Waals surface area contributed by atoms with Crippen molar-refractivity contribution in [2.45, 2.75) is 56.3 Å². The lowest BCUT2D eigenvalue weighted by molar-refractivity contribution is -0.155. The molecule has 1 spiro atoms. The third-order valence-electron chi connectivity index (χ3n) is 5.95. The molecule has 20 heavy (non-hydrogen) atoms. The second-order valence-electron chi connectivity index (χ2n) is 7.31. The number of fused-ring (bicyclic) bond motifs is 2. The smallest absolute Gasteiger partial charge is 0.219 e. The minimum absolute atomic E-state index is 0.127. The van der Waals surface area contributed by atoms with Gasteiger partial charge in [-0.3, -0.25) is 14.6 Å². The third kappa shape index (κ3) is 1.83. The van der Waals surface area contributed by atoms with E-state index in [1.54, 1.807) is 6.92 Å². The summed E-state index contributed by atoms with van der Waals surface area (Å²) in [7, 11) is 0. The fraction of sp³-hybridized carbons (Fsp3) is 0.933. The molecule has 1 saturated carbocycles. The molecule has 0 aromatic heterocycles. The van der Waals surface area contributed by atoms with Gasteiger partial charge in [0.2, 0.25) is 5.91 Å². The molecule has 3 aliphatic heterocycles. The molecule has 5 nitrogen and oxygen atoms in total. The van der Waals surface area contributed by atoms with Crippen LogP contribution >= 0.6 is 0 Å². The van der Waals surface area contributed by atoms with E-state index < -0.39 is 0 Å². The van der Waals surface area contributed by atoms with Gasteiger partial charge in [-0.25, -0.2) is 0 Å². The molecule has 4 rings (SSSR count). The molecule has 4 aliphatic rings. The average Bonchev–Trinajstić information content (AvgIpc) is 2.64. The Morgan fingerprint density at radius 1 is 1.15 bits per heavy atom. The van der Waals surface area contributed by atoms with Crippen LogP contribution in [0, 0.1) is 0 Å². The molecule has 0 unspecified atom stereocenters. The van der Waals surface area contributed by atoms with Gasteiger partial charge in [0.05, 0.1) is 11.6 Å². The standard InChI is InChI=1S/C15H25N3O2/c1-11(19)16-6-13-5-14(20)7-18(13)15(8-16)9-17(10-15)12-3-2-4-12/h12-14,20H,2-10H2,1H3/t13-,14-/m1/s1. The SMILES string of the molecule is CC(=O)N1C[C@H]2C[C@@H](O)CN2C2(C1)CN(C1CCC1)C2. The molecule has 1 aliphatic carbocycles. The maximum atomic E-state index is 11.8. The first-order valence-corrected chi connectivity index (χ1v) is 8.02. The molecule has 1 amide bonds. The maximum absolute atomic E-state index is 11.8. The zero-order valence-electron chi connectivity index (χ0n) is 12.3. The minimum atomic E-state index is -0.207. The lowest BCUT2D eigenvalue weighted by Crippen LogP contribution is -2.79. The van der Waals surface area contributed by atoms with Crippen LogP contribution in [-0.4, -0.2) is 82.2 Å². The van der Waals surface area contributed by atoms with Crippen LogP contribution in [0.1, 0.15) is 32.6 Å². The molecule has 112 valence electrons. The number of nitrogens with zero attached hydrogens (tertiary/aromatic N) is 3. The van der Waals surface area contributed by atoms with E-state index in [1.807, 2.05) is 4.90 Å². The first-order chi connectivity index (χ1) is 9.57. The van der Waals surface area contributed by atoms with Crippen molar-refractivity contribution in [3.8, 4) is 0 Å². The summed E-state index contributed by atoms with van der Waals surface area (Å²) in [4.78, 5) is 18.9. The van der Waals surface area contributed by atoms with Crippen LogP contribution in [0.2, 0.25) is 0 Å². The number of aliphatic hydroxyl groups is 1. The molecular weight excluding hydrogens is 254 g/mol. The Labute approximate surface area is 120 Å². The van der Waals surface area contributed by atoms with Crippen molar-refractivity contribution in [3.63, 3.8) is 0 Å². The minimum Gasteiger partial charge on any atom is -0.392 e. The van der Waals surface area contributed by atoms with Crippen molar-refractivity contribution < 1.29 is 9.90 Å². The summed E-state index contributed by atoms with van der Waals surface area (Å²) >= 11 is 0. The predicted molar refractivity (Wildman–Crippen MR) is 75.3 cm³/mol. The third-order valence-corrected chi connectivity index (χ3v) is 5.95. The van der Waals surface area contributed by atoms with Crippen molar-refractivity contribution in [2.24, 2.45) is 0 Å². The number of piperazine rings is 1. The summed E-state index contributed by atoms with van der Waals surface area (Å²) in [6.45, 7) is 6.31. The Morgan fingerprint density at radius 3 is 2.50 bits per heavy atom. The van der Waals surface area contributed by atoms with Crippen LogP contribution < -0.4 is 0 Å². The van der Waals surface area contributed by atoms with Crippen molar-refractivity contribution in [3.05, 3.63) is 0 Å². The first-order valence-electron chi connectivity index (χ1n) is 8.02. The molecule has 3 saturated heterocycles. The van der Waals surface area contributed by atoms with Crippen molar-refractivity contribution in [1.29, 1.82) is 0 Å². The number of β-amino-alcohol motifs (C(OH)–C–C–N with tert-alkyl or cyclic N) is 1. The van der Waals surface area contributed by atoms with Gasteiger partial charge in [-0.15, -0.1) is 0 Å². The number of aliphatic hydroxyl groups excluding tert-OH is 1. The number of amides is 1. The number of hydrogen-bond acceptors (Lipinski definition) is 4. The quantitative estimate of drug-likeness (QED) is 0.728. The average molecular weight is 279 g/mol. The highest BCUT2D eigenvalue weighted by atomic mass is 16.3. The highest BCUT2D eigenvalue weighted by molar-refractivity contribution is 5.73. The lowest BCUT2D eigenvalue weighted by atomic mass is 9.79. The van der Waals surface area contributed by atoms with E-state index in [1.165, 1.54) is 19.3 Å². The number of hydrogen-bond donors (Lipinski definition) is 1. The van der Waals surface area contributed by atoms with Gasteiger partial charge >= 0.3 is 0 Å². The normalized spacial score (nSPS) is 37.6. The van der Waals surface area contributed by atoms with Crippen molar-refractivity contribution in [1.82, 2.24) is 14.7 Å². The van der Waals surface area contributed by atoms with Crippen LogP contribution in [0.15, 0.2) is 0 Å². The van der Waals surface area contributed by atoms with Gasteiger partial charge in [0.15, 0.2) is 0 Å². The summed E-state index contributed by atoms with van der Waals surface area (Å²) in [6, 6.07) is 1.16. The summed E-state index contributed by atoms with van der Waals surface area (Å²) in [5.74, 6) is 0.188. The second kappa shape index (κ2) is 4.42. The monoisotopic (exact) mass is 279 g/mol. The second-order valence-corrected chi connectivity index (χ2v) is 7.31. The van der Waals surface area contributed by atoms with E-state index in [0.29, 0.717) is 6.04 Å². The Balaban J connectivity index is 1.52. The fourth-order valence-electron chi connectivity index (χ4n) is 4.65. The number of rotatable bonds is 1. The topological polar surface area (TPSA) is 47.0 Å². The molecule has 0 radical (unpaired) electrons. The molecule has 1 N–H and O–H groups in total. The van der Waals surface area contributed by atoms with Gasteiger partial charge in [-0.2, -0.15) is 0 Å². The van der Waals surface area contributed by atoms with Crippen LogP contribution in [0.3, 0.4) is 0 Å². The summed E-state index contributed by atoms with van der Waals surface area (Å²) < 4.78 is 0. The van der Waals surface area contributed by atoms with Crippen molar-refractivity contribution in [2.75, 3.05) is 32.7 Å². The van der Waals surface area contributed by atoms with E-state index in [-0.39, 0.29) is 17.6 Å². The Bertz CT molecular complexity index is 417. The molecule has 4 fully saturated rings. The van der Waals surface area contributed by atoms with Crippen LogP contribution in [0.4, 0.5) is 0 Å². The van der Waals surface area contributed by atoms with E-state index in [0.717, 1.165) is 45.2 Å². The Morgan fingerprint density at radius 2 is 1.90 bits per heavy atom. The highest BCUT2D eigenvalue weighted by Gasteiger charge is 2.57. The van der Waals surface area contributed by atoms with E-state index in [9.17, 15) is 9.90 Å². The first kappa shape index (κ1) is 13.0. The van der Waals surface area contributed by atoms with Gasteiger partial charge in [-0.1, -0.05) is 6.42 Å². The van der Waals surface area contributed by atoms with Gasteiger partial charge < -0.3 is 10.0 Å². The number of carbonyl (C=O) groups excluding carboxylic acids is 1. The molecule has 3 heterocycles. The van der Waals surface area contributed by atoms with Crippen molar-refractivity contribution >= 4 is 5.91 Å². The predicted octanol–water partition coefficient (Wildman–Crippen LogP) is -0.109. The Hall–Kier alpha value is -0.650. The number of likely N-dealkylation sites (tertiary alicyclic amines) is 1. The van der Waals surface area contributed by atoms with Gasteiger partial charge in [0.25, 0.3) is 0 Å². The highest BCUT2D eigenvalue weighted by Crippen LogP contribution is 2.42. The molecule has 0 aromatic carbocycles. The lowest BCUT2D eigenvalue weighted by Gasteiger charge is -2.63. The summed E-state index contributed by atoms with van der Waals surface area (Å²) in [5.41, 5.74) is 0.127. The van der Waals surface area contributed by atoms with E-state index >= 15 is 0 Å². The zero-order chi connectivity index (χ0) is 13.9.